The minimum Gasteiger partial charge on any atom is -0.477 e. The molecule has 0 amide bonds. The lowest BCUT2D eigenvalue weighted by Crippen LogP contribution is -2.08. The Morgan fingerprint density at radius 3 is 2.50 bits per heavy atom. The van der Waals surface area contributed by atoms with E-state index in [9.17, 15) is 0 Å². The van der Waals surface area contributed by atoms with E-state index in [4.69, 9.17) is 10.5 Å². The van der Waals surface area contributed by atoms with Crippen molar-refractivity contribution in [1.29, 1.82) is 0 Å². The molecule has 1 aromatic heterocycles. The number of ether oxygens (including phenoxy) is 1. The first-order chi connectivity index (χ1) is 8.69. The number of aryl methyl sites for hydroxylation is 1. The Morgan fingerprint density at radius 2 is 1.83 bits per heavy atom. The molecule has 0 fully saturated rings. The number of hydrogen-bond acceptors (Lipinski definition) is 4. The van der Waals surface area contributed by atoms with Crippen molar-refractivity contribution in [2.24, 2.45) is 0 Å². The molecule has 0 aliphatic rings. The molecule has 0 saturated heterocycles. The summed E-state index contributed by atoms with van der Waals surface area (Å²) in [6.45, 7) is 6.92. The molecule has 0 bridgehead atoms. The normalized spacial score (nSPS) is 10.6. The monoisotopic (exact) mass is 251 g/mol. The van der Waals surface area contributed by atoms with E-state index >= 15 is 0 Å². The standard InChI is InChI=1S/C14H25N3O/c1-4-6-7-8-10-18-14-11(3)13(15)16-12(17-14)9-5-2/h4-10H2,1-3H3,(H2,15,16,17). The summed E-state index contributed by atoms with van der Waals surface area (Å²) in [7, 11) is 0. The smallest absolute Gasteiger partial charge is 0.221 e. The van der Waals surface area contributed by atoms with Crippen molar-refractivity contribution in [3.8, 4) is 5.88 Å². The van der Waals surface area contributed by atoms with E-state index in [0.717, 1.165) is 30.7 Å². The Kier molecular flexibility index (Phi) is 6.47. The zero-order chi connectivity index (χ0) is 13.4. The maximum Gasteiger partial charge on any atom is 0.221 e. The highest BCUT2D eigenvalue weighted by Crippen LogP contribution is 2.20. The minimum absolute atomic E-state index is 0.539. The van der Waals surface area contributed by atoms with Crippen LogP contribution < -0.4 is 10.5 Å². The first kappa shape index (κ1) is 14.7. The topological polar surface area (TPSA) is 61.0 Å². The molecule has 0 unspecified atom stereocenters. The summed E-state index contributed by atoms with van der Waals surface area (Å²) < 4.78 is 5.72. The van der Waals surface area contributed by atoms with Crippen molar-refractivity contribution in [3.05, 3.63) is 11.4 Å². The van der Waals surface area contributed by atoms with Crippen LogP contribution in [0.5, 0.6) is 5.88 Å². The van der Waals surface area contributed by atoms with Crippen molar-refractivity contribution in [2.75, 3.05) is 12.3 Å². The van der Waals surface area contributed by atoms with Crippen molar-refractivity contribution >= 4 is 5.82 Å². The Bertz CT molecular complexity index is 366. The molecule has 1 rings (SSSR count). The number of nitrogens with zero attached hydrogens (tertiary/aromatic N) is 2. The van der Waals surface area contributed by atoms with Gasteiger partial charge < -0.3 is 10.5 Å². The van der Waals surface area contributed by atoms with E-state index < -0.39 is 0 Å². The molecule has 0 aliphatic carbocycles. The van der Waals surface area contributed by atoms with Crippen LogP contribution in [0.15, 0.2) is 0 Å². The van der Waals surface area contributed by atoms with E-state index in [0.29, 0.717) is 18.3 Å². The lowest BCUT2D eigenvalue weighted by molar-refractivity contribution is 0.290. The summed E-state index contributed by atoms with van der Waals surface area (Å²) in [6, 6.07) is 0. The van der Waals surface area contributed by atoms with Crippen LogP contribution in [0.3, 0.4) is 0 Å². The van der Waals surface area contributed by atoms with Gasteiger partial charge in [-0.15, -0.1) is 0 Å². The predicted molar refractivity (Wildman–Crippen MR) is 74.8 cm³/mol. The van der Waals surface area contributed by atoms with Gasteiger partial charge in [0.15, 0.2) is 0 Å². The molecule has 0 spiro atoms. The van der Waals surface area contributed by atoms with Crippen LogP contribution in [0.1, 0.15) is 57.3 Å². The van der Waals surface area contributed by atoms with Crippen LogP contribution in [-0.4, -0.2) is 16.6 Å². The molecule has 18 heavy (non-hydrogen) atoms. The van der Waals surface area contributed by atoms with Crippen LogP contribution in [0.4, 0.5) is 5.82 Å². The van der Waals surface area contributed by atoms with E-state index in [1.54, 1.807) is 0 Å². The predicted octanol–water partition coefficient (Wildman–Crippen LogP) is 3.28. The zero-order valence-electron chi connectivity index (χ0n) is 11.8. The highest BCUT2D eigenvalue weighted by atomic mass is 16.5. The molecular weight excluding hydrogens is 226 g/mol. The summed E-state index contributed by atoms with van der Waals surface area (Å²) in [6.07, 6.45) is 6.63. The first-order valence-corrected chi connectivity index (χ1v) is 6.94. The fourth-order valence-electron chi connectivity index (χ4n) is 1.73. The van der Waals surface area contributed by atoms with Gasteiger partial charge in [-0.3, -0.25) is 0 Å². The lowest BCUT2D eigenvalue weighted by Gasteiger charge is -2.11. The Morgan fingerprint density at radius 1 is 1.06 bits per heavy atom. The van der Waals surface area contributed by atoms with Crippen molar-refractivity contribution in [2.45, 2.75) is 59.3 Å². The Hall–Kier alpha value is -1.32. The Balaban J connectivity index is 2.57. The van der Waals surface area contributed by atoms with Gasteiger partial charge >= 0.3 is 0 Å². The molecule has 102 valence electrons. The molecule has 0 radical (unpaired) electrons. The second kappa shape index (κ2) is 7.90. The number of aromatic nitrogens is 2. The van der Waals surface area contributed by atoms with Crippen molar-refractivity contribution < 1.29 is 4.74 Å². The maximum absolute atomic E-state index is 5.87. The van der Waals surface area contributed by atoms with Gasteiger partial charge in [0.1, 0.15) is 11.6 Å². The summed E-state index contributed by atoms with van der Waals surface area (Å²) in [4.78, 5) is 8.69. The SMILES string of the molecule is CCCCCCOc1nc(CCC)nc(N)c1C. The van der Waals surface area contributed by atoms with Gasteiger partial charge in [-0.1, -0.05) is 33.1 Å². The summed E-state index contributed by atoms with van der Waals surface area (Å²) in [5, 5.41) is 0. The number of rotatable bonds is 8. The summed E-state index contributed by atoms with van der Waals surface area (Å²) in [5.74, 6) is 1.98. The van der Waals surface area contributed by atoms with E-state index in [1.807, 2.05) is 6.92 Å². The van der Waals surface area contributed by atoms with Crippen LogP contribution >= 0.6 is 0 Å². The van der Waals surface area contributed by atoms with Gasteiger partial charge in [-0.05, 0) is 19.8 Å². The fourth-order valence-corrected chi connectivity index (χ4v) is 1.73. The highest BCUT2D eigenvalue weighted by Gasteiger charge is 2.09. The molecule has 1 heterocycles. The van der Waals surface area contributed by atoms with Crippen molar-refractivity contribution in [3.63, 3.8) is 0 Å². The maximum atomic E-state index is 5.87. The van der Waals surface area contributed by atoms with Crippen LogP contribution in [0, 0.1) is 6.92 Å². The van der Waals surface area contributed by atoms with E-state index in [1.165, 1.54) is 19.3 Å². The molecule has 2 N–H and O–H groups in total. The van der Waals surface area contributed by atoms with Crippen LogP contribution in [-0.2, 0) is 6.42 Å². The Labute approximate surface area is 110 Å². The quantitative estimate of drug-likeness (QED) is 0.720. The lowest BCUT2D eigenvalue weighted by atomic mass is 10.2. The second-order valence-electron chi connectivity index (χ2n) is 4.61. The number of nitrogen functional groups attached to an aromatic ring is 1. The van der Waals surface area contributed by atoms with E-state index in [-0.39, 0.29) is 0 Å². The van der Waals surface area contributed by atoms with Gasteiger partial charge in [0.2, 0.25) is 5.88 Å². The second-order valence-corrected chi connectivity index (χ2v) is 4.61. The van der Waals surface area contributed by atoms with Gasteiger partial charge in [0.25, 0.3) is 0 Å². The molecule has 4 nitrogen and oxygen atoms in total. The van der Waals surface area contributed by atoms with Gasteiger partial charge in [0, 0.05) is 6.42 Å². The van der Waals surface area contributed by atoms with Crippen LogP contribution in [0.2, 0.25) is 0 Å². The molecule has 0 atom stereocenters. The summed E-state index contributed by atoms with van der Waals surface area (Å²) in [5.41, 5.74) is 6.72. The molecule has 0 aliphatic heterocycles. The van der Waals surface area contributed by atoms with Crippen molar-refractivity contribution in [1.82, 2.24) is 9.97 Å². The van der Waals surface area contributed by atoms with Gasteiger partial charge in [-0.25, -0.2) is 4.98 Å². The molecule has 0 aromatic carbocycles. The number of anilines is 1. The molecule has 1 aromatic rings. The minimum atomic E-state index is 0.539. The third-order valence-corrected chi connectivity index (χ3v) is 2.90. The number of hydrogen-bond donors (Lipinski definition) is 1. The zero-order valence-corrected chi connectivity index (χ0v) is 11.8. The van der Waals surface area contributed by atoms with Crippen LogP contribution in [0.25, 0.3) is 0 Å². The third kappa shape index (κ3) is 4.51. The third-order valence-electron chi connectivity index (χ3n) is 2.90. The number of nitrogens with two attached hydrogens (primary N) is 1. The first-order valence-electron chi connectivity index (χ1n) is 6.94. The highest BCUT2D eigenvalue weighted by molar-refractivity contribution is 5.44. The molecular formula is C14H25N3O. The summed E-state index contributed by atoms with van der Waals surface area (Å²) >= 11 is 0. The average Bonchev–Trinajstić information content (AvgIpc) is 2.35. The molecule has 0 saturated carbocycles. The largest absolute Gasteiger partial charge is 0.477 e. The van der Waals surface area contributed by atoms with Gasteiger partial charge in [-0.2, -0.15) is 4.98 Å². The van der Waals surface area contributed by atoms with E-state index in [2.05, 4.69) is 23.8 Å². The molecule has 4 heteroatoms. The average molecular weight is 251 g/mol. The fraction of sp³-hybridized carbons (Fsp3) is 0.714. The van der Waals surface area contributed by atoms with Gasteiger partial charge in [0.05, 0.1) is 12.2 Å². The number of unbranched alkanes of at least 4 members (excludes halogenated alkanes) is 3.